The monoisotopic (exact) mass is 197 g/mol. The largest absolute Gasteiger partial charge is 0.512 e. The Bertz CT molecular complexity index is 361. The van der Waals surface area contributed by atoms with Gasteiger partial charge in [0.15, 0.2) is 0 Å². The first-order valence-electron chi connectivity index (χ1n) is 4.31. The highest BCUT2D eigenvalue weighted by Gasteiger charge is 2.17. The molecule has 0 aliphatic carbocycles. The van der Waals surface area contributed by atoms with Gasteiger partial charge in [-0.25, -0.2) is 4.79 Å². The highest BCUT2D eigenvalue weighted by atomic mass is 16.7. The van der Waals surface area contributed by atoms with E-state index in [4.69, 9.17) is 5.11 Å². The maximum absolute atomic E-state index is 10.3. The van der Waals surface area contributed by atoms with Crippen LogP contribution in [0.15, 0.2) is 6.07 Å². The van der Waals surface area contributed by atoms with E-state index in [-0.39, 0.29) is 5.88 Å². The van der Waals surface area contributed by atoms with Gasteiger partial charge in [0.05, 0.1) is 12.2 Å². The molecule has 0 fully saturated rings. The number of carboxylic acid groups (broad SMARTS) is 1. The van der Waals surface area contributed by atoms with Crippen LogP contribution in [-0.4, -0.2) is 39.5 Å². The summed E-state index contributed by atoms with van der Waals surface area (Å²) in [5, 5.41) is 12.4. The van der Waals surface area contributed by atoms with Crippen molar-refractivity contribution in [3.8, 4) is 5.88 Å². The number of aromatic nitrogens is 2. The molecule has 1 aliphatic rings. The number of fused-ring (bicyclic) bond motifs is 1. The van der Waals surface area contributed by atoms with Gasteiger partial charge < -0.3 is 9.84 Å². The molecule has 2 heterocycles. The first-order chi connectivity index (χ1) is 6.65. The predicted octanol–water partition coefficient (Wildman–Crippen LogP) is 0.385. The van der Waals surface area contributed by atoms with Crippen LogP contribution >= 0.6 is 0 Å². The minimum atomic E-state index is -1.33. The summed E-state index contributed by atoms with van der Waals surface area (Å²) in [7, 11) is 2.01. The number of nitrogens with zero attached hydrogens (tertiary/aromatic N) is 3. The van der Waals surface area contributed by atoms with Crippen LogP contribution in [-0.2, 0) is 13.1 Å². The Kier molecular flexibility index (Phi) is 2.12. The van der Waals surface area contributed by atoms with Gasteiger partial charge >= 0.3 is 6.16 Å². The molecule has 1 aromatic heterocycles. The van der Waals surface area contributed by atoms with Gasteiger partial charge in [-0.1, -0.05) is 0 Å². The van der Waals surface area contributed by atoms with Crippen LogP contribution in [0.5, 0.6) is 5.88 Å². The summed E-state index contributed by atoms with van der Waals surface area (Å²) >= 11 is 0. The molecule has 0 saturated heterocycles. The number of carbonyl (C=O) groups is 1. The topological polar surface area (TPSA) is 67.6 Å². The van der Waals surface area contributed by atoms with Gasteiger partial charge in [0.2, 0.25) is 5.88 Å². The molecule has 2 rings (SSSR count). The number of ether oxygens (including phenoxy) is 1. The molecule has 1 aromatic rings. The lowest BCUT2D eigenvalue weighted by molar-refractivity contribution is 0.142. The van der Waals surface area contributed by atoms with Crippen molar-refractivity contribution in [2.45, 2.75) is 13.1 Å². The van der Waals surface area contributed by atoms with Gasteiger partial charge in [0.25, 0.3) is 0 Å². The molecule has 0 aromatic carbocycles. The van der Waals surface area contributed by atoms with Gasteiger partial charge in [0.1, 0.15) is 0 Å². The average molecular weight is 197 g/mol. The van der Waals surface area contributed by atoms with Gasteiger partial charge in [-0.3, -0.25) is 9.58 Å². The summed E-state index contributed by atoms with van der Waals surface area (Å²) in [4.78, 5) is 12.4. The highest BCUT2D eigenvalue weighted by Crippen LogP contribution is 2.16. The normalized spacial score (nSPS) is 16.4. The van der Waals surface area contributed by atoms with Gasteiger partial charge in [-0.05, 0) is 7.05 Å². The van der Waals surface area contributed by atoms with E-state index in [2.05, 4.69) is 14.7 Å². The van der Waals surface area contributed by atoms with E-state index >= 15 is 0 Å². The third-order valence-corrected chi connectivity index (χ3v) is 2.16. The van der Waals surface area contributed by atoms with Crippen molar-refractivity contribution >= 4 is 6.16 Å². The van der Waals surface area contributed by atoms with Crippen LogP contribution in [0.4, 0.5) is 4.79 Å². The van der Waals surface area contributed by atoms with E-state index in [1.807, 2.05) is 7.05 Å². The maximum Gasteiger partial charge on any atom is 0.512 e. The molecule has 0 bridgehead atoms. The van der Waals surface area contributed by atoms with Gasteiger partial charge in [-0.2, -0.15) is 0 Å². The second-order valence-electron chi connectivity index (χ2n) is 3.30. The third-order valence-electron chi connectivity index (χ3n) is 2.16. The van der Waals surface area contributed by atoms with Gasteiger partial charge in [-0.15, -0.1) is 5.10 Å². The standard InChI is InChI=1S/C8H11N3O3/c1-10-2-3-11-6(5-10)4-7(9-11)14-8(12)13/h4H,2-3,5H2,1H3,(H,12,13). The van der Waals surface area contributed by atoms with Crippen LogP contribution < -0.4 is 4.74 Å². The Morgan fingerprint density at radius 3 is 3.14 bits per heavy atom. The summed E-state index contributed by atoms with van der Waals surface area (Å²) in [6.45, 7) is 2.46. The lowest BCUT2D eigenvalue weighted by Crippen LogP contribution is -2.30. The molecule has 6 heteroatoms. The molecule has 0 unspecified atom stereocenters. The van der Waals surface area contributed by atoms with Crippen LogP contribution in [0.25, 0.3) is 0 Å². The van der Waals surface area contributed by atoms with E-state index in [1.165, 1.54) is 0 Å². The molecule has 0 spiro atoms. The zero-order valence-electron chi connectivity index (χ0n) is 7.80. The lowest BCUT2D eigenvalue weighted by Gasteiger charge is -2.22. The quantitative estimate of drug-likeness (QED) is 0.659. The van der Waals surface area contributed by atoms with Crippen molar-refractivity contribution in [2.24, 2.45) is 0 Å². The average Bonchev–Trinajstić information content (AvgIpc) is 2.44. The molecule has 1 aliphatic heterocycles. The van der Waals surface area contributed by atoms with Crippen molar-refractivity contribution in [1.29, 1.82) is 0 Å². The Hall–Kier alpha value is -1.56. The van der Waals surface area contributed by atoms with Crippen LogP contribution in [0.2, 0.25) is 0 Å². The minimum absolute atomic E-state index is 0.155. The molecule has 76 valence electrons. The Balaban J connectivity index is 2.19. The smallest absolute Gasteiger partial charge is 0.449 e. The Morgan fingerprint density at radius 2 is 2.43 bits per heavy atom. The molecule has 0 saturated carbocycles. The van der Waals surface area contributed by atoms with Crippen molar-refractivity contribution in [2.75, 3.05) is 13.6 Å². The van der Waals surface area contributed by atoms with Crippen LogP contribution in [0, 0.1) is 0 Å². The van der Waals surface area contributed by atoms with Crippen molar-refractivity contribution < 1.29 is 14.6 Å². The second-order valence-corrected chi connectivity index (χ2v) is 3.30. The molecule has 6 nitrogen and oxygen atoms in total. The molecule has 1 N–H and O–H groups in total. The van der Waals surface area contributed by atoms with E-state index < -0.39 is 6.16 Å². The molecular formula is C8H11N3O3. The minimum Gasteiger partial charge on any atom is -0.449 e. The van der Waals surface area contributed by atoms with E-state index in [0.717, 1.165) is 25.3 Å². The van der Waals surface area contributed by atoms with Crippen LogP contribution in [0.1, 0.15) is 5.69 Å². The maximum atomic E-state index is 10.3. The van der Waals surface area contributed by atoms with Crippen LogP contribution in [0.3, 0.4) is 0 Å². The fourth-order valence-corrected chi connectivity index (χ4v) is 1.51. The summed E-state index contributed by atoms with van der Waals surface area (Å²) in [5.41, 5.74) is 0.981. The lowest BCUT2D eigenvalue weighted by atomic mass is 10.3. The number of hydrogen-bond donors (Lipinski definition) is 1. The van der Waals surface area contributed by atoms with Gasteiger partial charge in [0, 0.05) is 19.2 Å². The molecule has 0 radical (unpaired) electrons. The Morgan fingerprint density at radius 1 is 1.64 bits per heavy atom. The summed E-state index contributed by atoms with van der Waals surface area (Å²) in [6.07, 6.45) is -1.33. The zero-order valence-corrected chi connectivity index (χ0v) is 7.80. The fourth-order valence-electron chi connectivity index (χ4n) is 1.51. The third kappa shape index (κ3) is 1.69. The zero-order chi connectivity index (χ0) is 10.1. The molecule has 0 amide bonds. The summed E-state index contributed by atoms with van der Waals surface area (Å²) in [6, 6.07) is 1.66. The molecule has 14 heavy (non-hydrogen) atoms. The first-order valence-corrected chi connectivity index (χ1v) is 4.31. The SMILES string of the molecule is CN1CCn2nc(OC(=O)O)cc2C1. The number of rotatable bonds is 1. The number of likely N-dealkylation sites (N-methyl/N-ethyl adjacent to an activating group) is 1. The predicted molar refractivity (Wildman–Crippen MR) is 47.2 cm³/mol. The van der Waals surface area contributed by atoms with E-state index in [0.29, 0.717) is 0 Å². The van der Waals surface area contributed by atoms with E-state index in [1.54, 1.807) is 10.7 Å². The van der Waals surface area contributed by atoms with Crippen molar-refractivity contribution in [1.82, 2.24) is 14.7 Å². The summed E-state index contributed by atoms with van der Waals surface area (Å²) in [5.74, 6) is 0.155. The summed E-state index contributed by atoms with van der Waals surface area (Å²) < 4.78 is 6.24. The number of hydrogen-bond acceptors (Lipinski definition) is 4. The fraction of sp³-hybridized carbons (Fsp3) is 0.500. The second kappa shape index (κ2) is 3.30. The Labute approximate surface area is 80.7 Å². The molecule has 0 atom stereocenters. The highest BCUT2D eigenvalue weighted by molar-refractivity contribution is 5.60. The van der Waals surface area contributed by atoms with Crippen molar-refractivity contribution in [3.05, 3.63) is 11.8 Å². The first kappa shape index (κ1) is 9.01. The van der Waals surface area contributed by atoms with Crippen molar-refractivity contribution in [3.63, 3.8) is 0 Å². The molecular weight excluding hydrogens is 186 g/mol. The van der Waals surface area contributed by atoms with E-state index in [9.17, 15) is 4.79 Å².